The summed E-state index contributed by atoms with van der Waals surface area (Å²) in [5.41, 5.74) is 0.810. The van der Waals surface area contributed by atoms with E-state index in [2.05, 4.69) is 10.0 Å². The summed E-state index contributed by atoms with van der Waals surface area (Å²) in [7, 11) is -3.47. The highest BCUT2D eigenvalue weighted by molar-refractivity contribution is 7.88. The predicted molar refractivity (Wildman–Crippen MR) is 93.7 cm³/mol. The van der Waals surface area contributed by atoms with Gasteiger partial charge in [-0.3, -0.25) is 10.1 Å². The number of benzene rings is 2. The number of anilines is 1. The van der Waals surface area contributed by atoms with Crippen molar-refractivity contribution in [1.29, 1.82) is 0 Å². The second-order valence-electron chi connectivity index (χ2n) is 4.98. The molecule has 0 aliphatic heterocycles. The van der Waals surface area contributed by atoms with Gasteiger partial charge in [-0.05, 0) is 17.7 Å². The highest BCUT2D eigenvalue weighted by Crippen LogP contribution is 2.27. The molecule has 0 amide bonds. The smallest absolute Gasteiger partial charge is 0.292 e. The van der Waals surface area contributed by atoms with Crippen molar-refractivity contribution in [1.82, 2.24) is 4.72 Å². The SMILES string of the molecule is O=[N+]([O-])c1ccc(Cl)cc1NCCNS(=O)(=O)Cc1ccccc1. The predicted octanol–water partition coefficient (Wildman–Crippen LogP) is 2.78. The van der Waals surface area contributed by atoms with E-state index in [1.165, 1.54) is 18.2 Å². The van der Waals surface area contributed by atoms with E-state index in [1.807, 2.05) is 6.07 Å². The highest BCUT2D eigenvalue weighted by Gasteiger charge is 2.14. The summed E-state index contributed by atoms with van der Waals surface area (Å²) >= 11 is 5.82. The lowest BCUT2D eigenvalue weighted by Crippen LogP contribution is -2.30. The third-order valence-corrected chi connectivity index (χ3v) is 4.71. The monoisotopic (exact) mass is 369 g/mol. The van der Waals surface area contributed by atoms with Gasteiger partial charge in [0, 0.05) is 24.2 Å². The summed E-state index contributed by atoms with van der Waals surface area (Å²) < 4.78 is 26.4. The quantitative estimate of drug-likeness (QED) is 0.423. The molecule has 2 aromatic rings. The van der Waals surface area contributed by atoms with E-state index in [0.29, 0.717) is 10.6 Å². The first-order valence-electron chi connectivity index (χ1n) is 7.06. The number of hydrogen-bond donors (Lipinski definition) is 2. The molecule has 9 heteroatoms. The Balaban J connectivity index is 1.89. The lowest BCUT2D eigenvalue weighted by molar-refractivity contribution is -0.384. The summed E-state index contributed by atoms with van der Waals surface area (Å²) in [6.45, 7) is 0.286. The molecule has 24 heavy (non-hydrogen) atoms. The number of halogens is 1. The standard InChI is InChI=1S/C15H16ClN3O4S/c16-13-6-7-15(19(20)21)14(10-13)17-8-9-18-24(22,23)11-12-4-2-1-3-5-12/h1-7,10,17-18H,8-9,11H2. The maximum absolute atomic E-state index is 12.0. The summed E-state index contributed by atoms with van der Waals surface area (Å²) in [5, 5.41) is 14.1. The van der Waals surface area contributed by atoms with E-state index in [-0.39, 0.29) is 30.2 Å². The number of nitrogens with zero attached hydrogens (tertiary/aromatic N) is 1. The van der Waals surface area contributed by atoms with Crippen LogP contribution in [0.5, 0.6) is 0 Å². The number of nitro benzene ring substituents is 1. The molecule has 0 radical (unpaired) electrons. The molecule has 0 saturated heterocycles. The molecule has 7 nitrogen and oxygen atoms in total. The van der Waals surface area contributed by atoms with Gasteiger partial charge in [0.05, 0.1) is 10.7 Å². The van der Waals surface area contributed by atoms with Crippen LogP contribution in [0.4, 0.5) is 11.4 Å². The van der Waals surface area contributed by atoms with Crippen molar-refractivity contribution in [2.45, 2.75) is 5.75 Å². The summed E-state index contributed by atoms with van der Waals surface area (Å²) in [6, 6.07) is 13.0. The summed E-state index contributed by atoms with van der Waals surface area (Å²) in [6.07, 6.45) is 0. The second-order valence-corrected chi connectivity index (χ2v) is 7.23. The molecule has 0 saturated carbocycles. The minimum absolute atomic E-state index is 0.0961. The van der Waals surface area contributed by atoms with E-state index in [0.717, 1.165) is 0 Å². The van der Waals surface area contributed by atoms with E-state index in [1.54, 1.807) is 24.3 Å². The van der Waals surface area contributed by atoms with Crippen LogP contribution >= 0.6 is 11.6 Å². The van der Waals surface area contributed by atoms with Crippen molar-refractivity contribution < 1.29 is 13.3 Å². The molecule has 0 aromatic heterocycles. The van der Waals surface area contributed by atoms with E-state index >= 15 is 0 Å². The van der Waals surface area contributed by atoms with Crippen LogP contribution in [0, 0.1) is 10.1 Å². The minimum atomic E-state index is -3.47. The fourth-order valence-electron chi connectivity index (χ4n) is 2.06. The largest absolute Gasteiger partial charge is 0.378 e. The Morgan fingerprint density at radius 1 is 1.08 bits per heavy atom. The van der Waals surface area contributed by atoms with Gasteiger partial charge in [-0.2, -0.15) is 0 Å². The molecule has 2 rings (SSSR count). The van der Waals surface area contributed by atoms with Crippen LogP contribution in [0.25, 0.3) is 0 Å². The molecule has 0 unspecified atom stereocenters. The normalized spacial score (nSPS) is 11.2. The lowest BCUT2D eigenvalue weighted by atomic mass is 10.2. The average Bonchev–Trinajstić information content (AvgIpc) is 2.52. The molecule has 0 atom stereocenters. The zero-order valence-corrected chi connectivity index (χ0v) is 14.2. The van der Waals surface area contributed by atoms with Crippen LogP contribution in [0.15, 0.2) is 48.5 Å². The Kier molecular flexibility index (Phi) is 6.13. The molecule has 128 valence electrons. The Hall–Kier alpha value is -2.16. The molecule has 0 bridgehead atoms. The van der Waals surface area contributed by atoms with Crippen LogP contribution < -0.4 is 10.0 Å². The molecule has 0 fully saturated rings. The van der Waals surface area contributed by atoms with Crippen molar-refractivity contribution in [3.05, 3.63) is 69.2 Å². The molecule has 0 heterocycles. The number of nitro groups is 1. The molecular formula is C15H16ClN3O4S. The molecule has 2 N–H and O–H groups in total. The van der Waals surface area contributed by atoms with Crippen molar-refractivity contribution >= 4 is 33.0 Å². The van der Waals surface area contributed by atoms with Crippen molar-refractivity contribution in [3.63, 3.8) is 0 Å². The van der Waals surface area contributed by atoms with Gasteiger partial charge in [0.25, 0.3) is 5.69 Å². The van der Waals surface area contributed by atoms with Crippen molar-refractivity contribution in [2.24, 2.45) is 0 Å². The zero-order chi connectivity index (χ0) is 17.6. The van der Waals surface area contributed by atoms with Gasteiger partial charge in [0.2, 0.25) is 10.0 Å². The Labute approximate surface area is 144 Å². The second kappa shape index (κ2) is 8.09. The van der Waals surface area contributed by atoms with Crippen LogP contribution in [0.1, 0.15) is 5.56 Å². The number of hydrogen-bond acceptors (Lipinski definition) is 5. The van der Waals surface area contributed by atoms with Crippen LogP contribution in [0.2, 0.25) is 5.02 Å². The van der Waals surface area contributed by atoms with E-state index in [4.69, 9.17) is 11.6 Å². The first-order chi connectivity index (χ1) is 11.4. The van der Waals surface area contributed by atoms with Gasteiger partial charge < -0.3 is 5.32 Å². The molecular weight excluding hydrogens is 354 g/mol. The van der Waals surface area contributed by atoms with E-state index < -0.39 is 14.9 Å². The molecule has 2 aromatic carbocycles. The number of rotatable bonds is 8. The molecule has 0 aliphatic rings. The van der Waals surface area contributed by atoms with Crippen LogP contribution in [0.3, 0.4) is 0 Å². The Morgan fingerprint density at radius 3 is 2.46 bits per heavy atom. The fraction of sp³-hybridized carbons (Fsp3) is 0.200. The number of sulfonamides is 1. The average molecular weight is 370 g/mol. The van der Waals surface area contributed by atoms with Crippen molar-refractivity contribution in [3.8, 4) is 0 Å². The fourth-order valence-corrected chi connectivity index (χ4v) is 3.38. The van der Waals surface area contributed by atoms with Gasteiger partial charge in [0.15, 0.2) is 0 Å². The van der Waals surface area contributed by atoms with Gasteiger partial charge in [-0.1, -0.05) is 41.9 Å². The number of nitrogens with one attached hydrogen (secondary N) is 2. The maximum Gasteiger partial charge on any atom is 0.292 e. The van der Waals surface area contributed by atoms with Gasteiger partial charge >= 0.3 is 0 Å². The topological polar surface area (TPSA) is 101 Å². The van der Waals surface area contributed by atoms with Gasteiger partial charge in [-0.15, -0.1) is 0 Å². The highest BCUT2D eigenvalue weighted by atomic mass is 35.5. The molecule has 0 spiro atoms. The third-order valence-electron chi connectivity index (χ3n) is 3.12. The van der Waals surface area contributed by atoms with Crippen LogP contribution in [-0.2, 0) is 15.8 Å². The summed E-state index contributed by atoms with van der Waals surface area (Å²) in [5.74, 6) is -0.120. The maximum atomic E-state index is 12.0. The van der Waals surface area contributed by atoms with Gasteiger partial charge in [-0.25, -0.2) is 13.1 Å². The minimum Gasteiger partial charge on any atom is -0.378 e. The zero-order valence-electron chi connectivity index (χ0n) is 12.6. The third kappa shape index (κ3) is 5.48. The first kappa shape index (κ1) is 18.2. The van der Waals surface area contributed by atoms with Gasteiger partial charge in [0.1, 0.15) is 5.69 Å². The van der Waals surface area contributed by atoms with Crippen LogP contribution in [-0.4, -0.2) is 26.4 Å². The van der Waals surface area contributed by atoms with Crippen molar-refractivity contribution in [2.75, 3.05) is 18.4 Å². The summed E-state index contributed by atoms with van der Waals surface area (Å²) in [4.78, 5) is 10.4. The Bertz CT molecular complexity index is 813. The first-order valence-corrected chi connectivity index (χ1v) is 9.09. The lowest BCUT2D eigenvalue weighted by Gasteiger charge is -2.09. The molecule has 0 aliphatic carbocycles. The Morgan fingerprint density at radius 2 is 1.79 bits per heavy atom. The van der Waals surface area contributed by atoms with E-state index in [9.17, 15) is 18.5 Å².